The summed E-state index contributed by atoms with van der Waals surface area (Å²) in [7, 11) is 0. The molecule has 1 N–H and O–H groups in total. The molecule has 0 amide bonds. The first-order valence-electron chi connectivity index (χ1n) is 9.32. The number of epoxide rings is 1. The van der Waals surface area contributed by atoms with E-state index >= 15 is 0 Å². The smallest absolute Gasteiger partial charge is 0.335 e. The monoisotopic (exact) mass is 382 g/mol. The van der Waals surface area contributed by atoms with Crippen LogP contribution in [0.15, 0.2) is 11.6 Å². The molecule has 1 unspecified atom stereocenters. The minimum atomic E-state index is -0.799. The molecule has 4 aliphatic rings. The molecule has 2 fully saturated rings. The van der Waals surface area contributed by atoms with Gasteiger partial charge < -0.3 is 19.3 Å². The van der Waals surface area contributed by atoms with E-state index in [9.17, 15) is 14.7 Å². The Kier molecular flexibility index (Phi) is 4.40. The summed E-state index contributed by atoms with van der Waals surface area (Å²) in [5.74, 6) is 0.0593. The van der Waals surface area contributed by atoms with Gasteiger partial charge in [-0.1, -0.05) is 20.8 Å². The van der Waals surface area contributed by atoms with Crippen LogP contribution >= 0.6 is 11.8 Å². The van der Waals surface area contributed by atoms with E-state index in [0.29, 0.717) is 17.9 Å². The Morgan fingerprint density at radius 3 is 2.77 bits per heavy atom. The first-order valence-corrected chi connectivity index (χ1v) is 10.4. The van der Waals surface area contributed by atoms with Crippen molar-refractivity contribution < 1.29 is 28.9 Å². The molecule has 6 nitrogen and oxygen atoms in total. The van der Waals surface area contributed by atoms with Crippen molar-refractivity contribution in [3.63, 3.8) is 0 Å². The van der Waals surface area contributed by atoms with Crippen LogP contribution in [0.4, 0.5) is 0 Å². The molecular weight excluding hydrogens is 356 g/mol. The molecule has 0 aromatic carbocycles. The Morgan fingerprint density at radius 1 is 1.35 bits per heavy atom. The summed E-state index contributed by atoms with van der Waals surface area (Å²) in [6.07, 6.45) is 0.296. The van der Waals surface area contributed by atoms with Gasteiger partial charge in [0, 0.05) is 12.3 Å². The number of rotatable bonds is 3. The highest BCUT2D eigenvalue weighted by molar-refractivity contribution is 8.00. The molecule has 0 aromatic rings. The summed E-state index contributed by atoms with van der Waals surface area (Å²) in [5, 5.41) is 10.6. The predicted molar refractivity (Wildman–Crippen MR) is 95.5 cm³/mol. The highest BCUT2D eigenvalue weighted by Crippen LogP contribution is 2.51. The topological polar surface area (TPSA) is 85.4 Å². The van der Waals surface area contributed by atoms with Gasteiger partial charge in [0.25, 0.3) is 0 Å². The van der Waals surface area contributed by atoms with Gasteiger partial charge in [0.05, 0.1) is 28.4 Å². The second-order valence-electron chi connectivity index (χ2n) is 8.53. The molecule has 26 heavy (non-hydrogen) atoms. The Bertz CT molecular complexity index is 660. The maximum Gasteiger partial charge on any atom is 0.335 e. The van der Waals surface area contributed by atoms with Crippen LogP contribution in [0.2, 0.25) is 0 Å². The van der Waals surface area contributed by atoms with E-state index in [0.717, 1.165) is 5.75 Å². The van der Waals surface area contributed by atoms with Gasteiger partial charge in [-0.2, -0.15) is 11.8 Å². The fraction of sp³-hybridized carbons (Fsp3) is 0.789. The highest BCUT2D eigenvalue weighted by Gasteiger charge is 2.63. The Hall–Kier alpha value is -1.05. The van der Waals surface area contributed by atoms with Crippen LogP contribution in [0, 0.1) is 17.8 Å². The zero-order valence-electron chi connectivity index (χ0n) is 15.5. The third-order valence-electron chi connectivity index (χ3n) is 5.93. The number of aliphatic hydroxyl groups excluding tert-OH is 1. The molecular formula is C19H26O6S. The van der Waals surface area contributed by atoms with E-state index in [4.69, 9.17) is 14.2 Å². The average Bonchev–Trinajstić information content (AvgIpc) is 2.95. The second kappa shape index (κ2) is 6.24. The number of ether oxygens (including phenoxy) is 3. The van der Waals surface area contributed by atoms with E-state index in [1.54, 1.807) is 11.8 Å². The number of thioether (sulfide) groups is 1. The lowest BCUT2D eigenvalue weighted by Gasteiger charge is -2.26. The SMILES string of the molecule is CC(C)CS[C@H]1C2=C[C@@H](OC2=O)[C@@H]2C(C)C(=O)O[C@H]2C[C@]2(C)O[C@H]2[C@H]1O. The van der Waals surface area contributed by atoms with Crippen LogP contribution in [0.1, 0.15) is 34.1 Å². The van der Waals surface area contributed by atoms with Crippen molar-refractivity contribution >= 4 is 23.7 Å². The normalized spacial score (nSPS) is 47.0. The van der Waals surface area contributed by atoms with Gasteiger partial charge in [0.15, 0.2) is 0 Å². The highest BCUT2D eigenvalue weighted by atomic mass is 32.2. The molecule has 0 aromatic heterocycles. The molecule has 144 valence electrons. The first kappa shape index (κ1) is 18.3. The Labute approximate surface area is 157 Å². The molecule has 0 radical (unpaired) electrons. The third-order valence-corrected chi connectivity index (χ3v) is 7.68. The van der Waals surface area contributed by atoms with Crippen molar-refractivity contribution in [1.29, 1.82) is 0 Å². The van der Waals surface area contributed by atoms with Gasteiger partial charge in [-0.05, 0) is 24.7 Å². The number of fused-ring (bicyclic) bond motifs is 4. The molecule has 2 bridgehead atoms. The van der Waals surface area contributed by atoms with Crippen molar-refractivity contribution in [2.75, 3.05) is 5.75 Å². The fourth-order valence-electron chi connectivity index (χ4n) is 4.44. The molecule has 8 atom stereocenters. The van der Waals surface area contributed by atoms with Crippen molar-refractivity contribution in [1.82, 2.24) is 0 Å². The zero-order chi connectivity index (χ0) is 18.8. The van der Waals surface area contributed by atoms with Crippen molar-refractivity contribution in [2.24, 2.45) is 17.8 Å². The maximum atomic E-state index is 12.6. The lowest BCUT2D eigenvalue weighted by atomic mass is 9.80. The van der Waals surface area contributed by atoms with Crippen LogP contribution in [-0.2, 0) is 23.8 Å². The van der Waals surface area contributed by atoms with E-state index < -0.39 is 23.8 Å². The lowest BCUT2D eigenvalue weighted by Crippen LogP contribution is -2.38. The fourth-order valence-corrected chi connectivity index (χ4v) is 5.72. The van der Waals surface area contributed by atoms with E-state index in [1.165, 1.54) is 0 Å². The number of hydrogen-bond acceptors (Lipinski definition) is 7. The molecule has 7 heteroatoms. The van der Waals surface area contributed by atoms with Gasteiger partial charge in [0.1, 0.15) is 18.3 Å². The third kappa shape index (κ3) is 2.88. The van der Waals surface area contributed by atoms with E-state index in [1.807, 2.05) is 19.9 Å². The second-order valence-corrected chi connectivity index (χ2v) is 9.70. The van der Waals surface area contributed by atoms with Crippen molar-refractivity contribution in [3.8, 4) is 0 Å². The summed E-state index contributed by atoms with van der Waals surface area (Å²) in [6, 6.07) is 0. The summed E-state index contributed by atoms with van der Waals surface area (Å²) >= 11 is 1.57. The Balaban J connectivity index is 1.71. The molecule has 0 spiro atoms. The number of hydrogen-bond donors (Lipinski definition) is 1. The zero-order valence-corrected chi connectivity index (χ0v) is 16.3. The largest absolute Gasteiger partial charge is 0.462 e. The number of carbonyl (C=O) groups excluding carboxylic acids is 2. The quantitative estimate of drug-likeness (QED) is 0.587. The lowest BCUT2D eigenvalue weighted by molar-refractivity contribution is -0.144. The molecule has 0 saturated carbocycles. The maximum absolute atomic E-state index is 12.6. The van der Waals surface area contributed by atoms with Gasteiger partial charge in [0.2, 0.25) is 0 Å². The molecule has 4 rings (SSSR count). The summed E-state index contributed by atoms with van der Waals surface area (Å²) < 4.78 is 17.1. The van der Waals surface area contributed by atoms with Gasteiger partial charge in [-0.15, -0.1) is 0 Å². The Morgan fingerprint density at radius 2 is 2.08 bits per heavy atom. The summed E-state index contributed by atoms with van der Waals surface area (Å²) in [4.78, 5) is 24.7. The van der Waals surface area contributed by atoms with Gasteiger partial charge >= 0.3 is 11.9 Å². The van der Waals surface area contributed by atoms with Crippen LogP contribution in [0.5, 0.6) is 0 Å². The number of aliphatic hydroxyl groups is 1. The standard InChI is InChI=1S/C19H26O6S/c1-8(2)7-26-15-10-5-11(23-18(10)22)13-9(3)17(21)24-12(13)6-19(4)16(25-19)14(15)20/h5,8-9,11-16,20H,6-7H2,1-4H3/t9?,11-,12+,13+,14+,15+,16+,19+/m1/s1. The van der Waals surface area contributed by atoms with Crippen molar-refractivity contribution in [2.45, 2.75) is 69.4 Å². The van der Waals surface area contributed by atoms with Crippen molar-refractivity contribution in [3.05, 3.63) is 11.6 Å². The number of esters is 2. The van der Waals surface area contributed by atoms with E-state index in [-0.39, 0.29) is 35.3 Å². The van der Waals surface area contributed by atoms with Gasteiger partial charge in [-0.25, -0.2) is 4.79 Å². The summed E-state index contributed by atoms with van der Waals surface area (Å²) in [6.45, 7) is 7.98. The first-order chi connectivity index (χ1) is 12.2. The molecule has 2 saturated heterocycles. The van der Waals surface area contributed by atoms with Gasteiger partial charge in [-0.3, -0.25) is 4.79 Å². The molecule has 3 aliphatic heterocycles. The minimum absolute atomic E-state index is 0.211. The molecule has 1 aliphatic carbocycles. The average molecular weight is 382 g/mol. The number of carbonyl (C=O) groups is 2. The predicted octanol–water partition coefficient (Wildman–Crippen LogP) is 1.70. The minimum Gasteiger partial charge on any atom is -0.462 e. The van der Waals surface area contributed by atoms with E-state index in [2.05, 4.69) is 13.8 Å². The van der Waals surface area contributed by atoms with Crippen LogP contribution in [0.3, 0.4) is 0 Å². The van der Waals surface area contributed by atoms with Crippen LogP contribution < -0.4 is 0 Å². The summed E-state index contributed by atoms with van der Waals surface area (Å²) in [5.41, 5.74) is -0.0397. The van der Waals surface area contributed by atoms with Crippen LogP contribution in [-0.4, -0.2) is 58.1 Å². The van der Waals surface area contributed by atoms with Crippen LogP contribution in [0.25, 0.3) is 0 Å². The molecule has 3 heterocycles.